The zero-order valence-electron chi connectivity index (χ0n) is 9.08. The fraction of sp³-hybridized carbons (Fsp3) is 1.00. The van der Waals surface area contributed by atoms with Crippen molar-refractivity contribution in [2.24, 2.45) is 0 Å². The summed E-state index contributed by atoms with van der Waals surface area (Å²) in [5.74, 6) is 0. The molecule has 0 amide bonds. The molecule has 4 nitrogen and oxygen atoms in total. The molecule has 0 fully saturated rings. The molecule has 0 aliphatic rings. The van der Waals surface area contributed by atoms with Gasteiger partial charge in [0.15, 0.2) is 6.29 Å². The molecule has 0 aromatic carbocycles. The largest absolute Gasteiger partial charge is 0.367 e. The Balaban J connectivity index is 3.43. The number of aliphatic hydroxyl groups excluding tert-OH is 1. The maximum absolute atomic E-state index is 9.46. The summed E-state index contributed by atoms with van der Waals surface area (Å²) in [7, 11) is 3.95. The van der Waals surface area contributed by atoms with Gasteiger partial charge in [0.1, 0.15) is 0 Å². The smallest absolute Gasteiger partial charge is 0.169 e. The van der Waals surface area contributed by atoms with E-state index in [4.69, 9.17) is 4.74 Å². The molecule has 0 radical (unpaired) electrons. The molecule has 0 aromatic heterocycles. The molecule has 0 aliphatic carbocycles. The number of aliphatic hydroxyl groups is 1. The SMILES string of the molecule is CCNC(C)C(O)OCCN(C)C. The van der Waals surface area contributed by atoms with Gasteiger partial charge in [-0.25, -0.2) is 0 Å². The van der Waals surface area contributed by atoms with E-state index in [0.717, 1.165) is 13.1 Å². The average Bonchev–Trinajstić information content (AvgIpc) is 2.04. The normalized spacial score (nSPS) is 16.2. The van der Waals surface area contributed by atoms with Crippen molar-refractivity contribution in [2.45, 2.75) is 26.2 Å². The molecule has 0 saturated carbocycles. The van der Waals surface area contributed by atoms with E-state index in [9.17, 15) is 5.11 Å². The number of hydrogen-bond acceptors (Lipinski definition) is 4. The van der Waals surface area contributed by atoms with Gasteiger partial charge in [0, 0.05) is 6.54 Å². The highest BCUT2D eigenvalue weighted by atomic mass is 16.6. The molecule has 0 spiro atoms. The van der Waals surface area contributed by atoms with Crippen LogP contribution in [0.25, 0.3) is 0 Å². The van der Waals surface area contributed by atoms with Gasteiger partial charge in [0.25, 0.3) is 0 Å². The van der Waals surface area contributed by atoms with Crippen molar-refractivity contribution in [3.05, 3.63) is 0 Å². The zero-order chi connectivity index (χ0) is 10.3. The van der Waals surface area contributed by atoms with Crippen LogP contribution >= 0.6 is 0 Å². The zero-order valence-corrected chi connectivity index (χ0v) is 9.08. The summed E-state index contributed by atoms with van der Waals surface area (Å²) in [4.78, 5) is 2.02. The Kier molecular flexibility index (Phi) is 7.17. The summed E-state index contributed by atoms with van der Waals surface area (Å²) in [6.45, 7) is 6.14. The van der Waals surface area contributed by atoms with Gasteiger partial charge in [-0.15, -0.1) is 0 Å². The van der Waals surface area contributed by atoms with Crippen LogP contribution in [0.5, 0.6) is 0 Å². The lowest BCUT2D eigenvalue weighted by molar-refractivity contribution is -0.118. The third-order valence-electron chi connectivity index (χ3n) is 1.78. The Morgan fingerprint density at radius 3 is 2.54 bits per heavy atom. The molecular formula is C9H22N2O2. The lowest BCUT2D eigenvalue weighted by Crippen LogP contribution is -2.39. The van der Waals surface area contributed by atoms with Crippen LogP contribution < -0.4 is 5.32 Å². The van der Waals surface area contributed by atoms with Gasteiger partial charge < -0.3 is 20.1 Å². The number of nitrogens with zero attached hydrogens (tertiary/aromatic N) is 1. The van der Waals surface area contributed by atoms with Gasteiger partial charge in [-0.3, -0.25) is 0 Å². The summed E-state index contributed by atoms with van der Waals surface area (Å²) < 4.78 is 5.22. The van der Waals surface area contributed by atoms with Crippen LogP contribution in [-0.2, 0) is 4.74 Å². The van der Waals surface area contributed by atoms with Crippen LogP contribution in [0.2, 0.25) is 0 Å². The van der Waals surface area contributed by atoms with Crippen molar-refractivity contribution in [1.29, 1.82) is 0 Å². The quantitative estimate of drug-likeness (QED) is 0.549. The van der Waals surface area contributed by atoms with Gasteiger partial charge in [0.2, 0.25) is 0 Å². The topological polar surface area (TPSA) is 44.7 Å². The van der Waals surface area contributed by atoms with Crippen LogP contribution in [-0.4, -0.2) is 56.1 Å². The van der Waals surface area contributed by atoms with E-state index in [-0.39, 0.29) is 6.04 Å². The highest BCUT2D eigenvalue weighted by Crippen LogP contribution is 1.94. The van der Waals surface area contributed by atoms with Crippen LogP contribution in [0.15, 0.2) is 0 Å². The molecule has 2 N–H and O–H groups in total. The molecule has 4 heteroatoms. The van der Waals surface area contributed by atoms with Crippen molar-refractivity contribution < 1.29 is 9.84 Å². The molecule has 0 heterocycles. The lowest BCUT2D eigenvalue weighted by Gasteiger charge is -2.20. The monoisotopic (exact) mass is 190 g/mol. The number of hydrogen-bond donors (Lipinski definition) is 2. The van der Waals surface area contributed by atoms with E-state index in [1.165, 1.54) is 0 Å². The van der Waals surface area contributed by atoms with E-state index < -0.39 is 6.29 Å². The second kappa shape index (κ2) is 7.26. The van der Waals surface area contributed by atoms with Gasteiger partial charge in [0.05, 0.1) is 12.6 Å². The highest BCUT2D eigenvalue weighted by Gasteiger charge is 2.12. The van der Waals surface area contributed by atoms with E-state index in [0.29, 0.717) is 6.61 Å². The number of ether oxygens (including phenoxy) is 1. The molecule has 80 valence electrons. The van der Waals surface area contributed by atoms with Crippen LogP contribution in [0.1, 0.15) is 13.8 Å². The van der Waals surface area contributed by atoms with E-state index >= 15 is 0 Å². The Morgan fingerprint density at radius 2 is 2.08 bits per heavy atom. The molecular weight excluding hydrogens is 168 g/mol. The Hall–Kier alpha value is -0.160. The number of likely N-dealkylation sites (N-methyl/N-ethyl adjacent to an activating group) is 2. The summed E-state index contributed by atoms with van der Waals surface area (Å²) in [5.41, 5.74) is 0. The number of nitrogens with one attached hydrogen (secondary N) is 1. The van der Waals surface area contributed by atoms with Crippen LogP contribution in [0.3, 0.4) is 0 Å². The Labute approximate surface area is 80.9 Å². The molecule has 0 aromatic rings. The first-order chi connectivity index (χ1) is 6.07. The second-order valence-electron chi connectivity index (χ2n) is 3.41. The average molecular weight is 190 g/mol. The predicted molar refractivity (Wildman–Crippen MR) is 53.7 cm³/mol. The summed E-state index contributed by atoms with van der Waals surface area (Å²) >= 11 is 0. The molecule has 2 unspecified atom stereocenters. The van der Waals surface area contributed by atoms with E-state index in [1.807, 2.05) is 32.8 Å². The maximum Gasteiger partial charge on any atom is 0.169 e. The number of rotatable bonds is 7. The molecule has 0 aliphatic heterocycles. The minimum atomic E-state index is -0.708. The fourth-order valence-corrected chi connectivity index (χ4v) is 0.923. The summed E-state index contributed by atoms with van der Waals surface area (Å²) in [5, 5.41) is 12.6. The molecule has 2 atom stereocenters. The van der Waals surface area contributed by atoms with Crippen LogP contribution in [0.4, 0.5) is 0 Å². The third kappa shape index (κ3) is 6.95. The summed E-state index contributed by atoms with van der Waals surface area (Å²) in [6.07, 6.45) is -0.708. The van der Waals surface area contributed by atoms with Gasteiger partial charge in [-0.05, 0) is 27.6 Å². The van der Waals surface area contributed by atoms with E-state index in [2.05, 4.69) is 5.32 Å². The highest BCUT2D eigenvalue weighted by molar-refractivity contribution is 4.61. The fourth-order valence-electron chi connectivity index (χ4n) is 0.923. The Bertz CT molecular complexity index is 120. The Morgan fingerprint density at radius 1 is 1.46 bits per heavy atom. The van der Waals surface area contributed by atoms with Crippen molar-refractivity contribution >= 4 is 0 Å². The maximum atomic E-state index is 9.46. The van der Waals surface area contributed by atoms with Gasteiger partial charge in [-0.1, -0.05) is 6.92 Å². The molecule has 13 heavy (non-hydrogen) atoms. The van der Waals surface area contributed by atoms with Crippen molar-refractivity contribution in [3.8, 4) is 0 Å². The van der Waals surface area contributed by atoms with Gasteiger partial charge >= 0.3 is 0 Å². The first kappa shape index (κ1) is 12.8. The predicted octanol–water partition coefficient (Wildman–Crippen LogP) is -0.119. The van der Waals surface area contributed by atoms with Gasteiger partial charge in [-0.2, -0.15) is 0 Å². The van der Waals surface area contributed by atoms with E-state index in [1.54, 1.807) is 0 Å². The standard InChI is InChI=1S/C9H22N2O2/c1-5-10-8(2)9(12)13-7-6-11(3)4/h8-10,12H,5-7H2,1-4H3. The minimum absolute atomic E-state index is 0.00726. The molecule has 0 bridgehead atoms. The first-order valence-corrected chi connectivity index (χ1v) is 4.75. The first-order valence-electron chi connectivity index (χ1n) is 4.75. The van der Waals surface area contributed by atoms with Crippen LogP contribution in [0, 0.1) is 0 Å². The minimum Gasteiger partial charge on any atom is -0.367 e. The molecule has 0 saturated heterocycles. The van der Waals surface area contributed by atoms with Crippen molar-refractivity contribution in [3.63, 3.8) is 0 Å². The molecule has 0 rings (SSSR count). The summed E-state index contributed by atoms with van der Waals surface area (Å²) in [6, 6.07) is -0.00726. The van der Waals surface area contributed by atoms with Crippen molar-refractivity contribution in [1.82, 2.24) is 10.2 Å². The lowest BCUT2D eigenvalue weighted by atomic mass is 10.3. The van der Waals surface area contributed by atoms with Crippen molar-refractivity contribution in [2.75, 3.05) is 33.8 Å². The second-order valence-corrected chi connectivity index (χ2v) is 3.41. The third-order valence-corrected chi connectivity index (χ3v) is 1.78.